The van der Waals surface area contributed by atoms with E-state index in [4.69, 9.17) is 10.5 Å². The smallest absolute Gasteiger partial charge is 0.239 e. The summed E-state index contributed by atoms with van der Waals surface area (Å²) in [4.78, 5) is 14.5. The predicted octanol–water partition coefficient (Wildman–Crippen LogP) is 2.48. The van der Waals surface area contributed by atoms with Crippen LogP contribution in [0.15, 0.2) is 42.5 Å². The number of hydrogen-bond acceptors (Lipinski definition) is 4. The third kappa shape index (κ3) is 4.12. The summed E-state index contributed by atoms with van der Waals surface area (Å²) < 4.78 is 5.21. The summed E-state index contributed by atoms with van der Waals surface area (Å²) in [5.74, 6) is 0.0162. The Hall–Kier alpha value is -2.53. The Morgan fingerprint density at radius 2 is 2.00 bits per heavy atom. The Morgan fingerprint density at radius 3 is 2.80 bits per heavy atom. The van der Waals surface area contributed by atoms with E-state index < -0.39 is 0 Å². The Labute approximate surface area is 148 Å². The molecule has 3 rings (SSSR count). The van der Waals surface area contributed by atoms with Crippen molar-refractivity contribution in [1.29, 1.82) is 0 Å². The SMILES string of the molecule is COCc1ccccc1CNC(=O)CN1CCCc2c(N)cccc21. The number of carbonyl (C=O) groups excluding carboxylic acids is 1. The lowest BCUT2D eigenvalue weighted by Crippen LogP contribution is -2.39. The van der Waals surface area contributed by atoms with E-state index in [1.807, 2.05) is 42.5 Å². The van der Waals surface area contributed by atoms with Gasteiger partial charge in [-0.05, 0) is 41.7 Å². The zero-order valence-corrected chi connectivity index (χ0v) is 14.6. The second-order valence-corrected chi connectivity index (χ2v) is 6.35. The molecule has 0 aromatic heterocycles. The van der Waals surface area contributed by atoms with E-state index in [1.165, 1.54) is 0 Å². The van der Waals surface area contributed by atoms with Gasteiger partial charge in [0.05, 0.1) is 13.2 Å². The average Bonchev–Trinajstić information content (AvgIpc) is 2.62. The minimum absolute atomic E-state index is 0.0162. The third-order valence-electron chi connectivity index (χ3n) is 4.61. The molecule has 0 radical (unpaired) electrons. The first kappa shape index (κ1) is 17.3. The Bertz CT molecular complexity index is 745. The van der Waals surface area contributed by atoms with Crippen LogP contribution in [0, 0.1) is 0 Å². The maximum atomic E-state index is 12.4. The summed E-state index contributed by atoms with van der Waals surface area (Å²) in [5, 5.41) is 3.02. The maximum Gasteiger partial charge on any atom is 0.239 e. The van der Waals surface area contributed by atoms with Crippen LogP contribution in [0.3, 0.4) is 0 Å². The van der Waals surface area contributed by atoms with Crippen molar-refractivity contribution in [2.75, 3.05) is 30.8 Å². The Balaban J connectivity index is 1.62. The number of hydrogen-bond donors (Lipinski definition) is 2. The number of nitrogens with zero attached hydrogens (tertiary/aromatic N) is 1. The van der Waals surface area contributed by atoms with E-state index in [0.717, 1.165) is 47.5 Å². The number of benzene rings is 2. The molecule has 5 nitrogen and oxygen atoms in total. The van der Waals surface area contributed by atoms with Gasteiger partial charge in [-0.1, -0.05) is 30.3 Å². The van der Waals surface area contributed by atoms with Crippen molar-refractivity contribution in [2.45, 2.75) is 26.0 Å². The van der Waals surface area contributed by atoms with Crippen molar-refractivity contribution in [3.8, 4) is 0 Å². The summed E-state index contributed by atoms with van der Waals surface area (Å²) in [5.41, 5.74) is 11.3. The Kier molecular flexibility index (Phi) is 5.56. The second-order valence-electron chi connectivity index (χ2n) is 6.35. The lowest BCUT2D eigenvalue weighted by molar-refractivity contribution is -0.119. The van der Waals surface area contributed by atoms with Crippen LogP contribution in [0.2, 0.25) is 0 Å². The highest BCUT2D eigenvalue weighted by atomic mass is 16.5. The molecule has 0 atom stereocenters. The Morgan fingerprint density at radius 1 is 1.20 bits per heavy atom. The number of nitrogens with one attached hydrogen (secondary N) is 1. The van der Waals surface area contributed by atoms with Crippen LogP contribution in [0.1, 0.15) is 23.1 Å². The van der Waals surface area contributed by atoms with Crippen LogP contribution in [0.25, 0.3) is 0 Å². The van der Waals surface area contributed by atoms with Crippen molar-refractivity contribution in [3.63, 3.8) is 0 Å². The first-order valence-corrected chi connectivity index (χ1v) is 8.63. The van der Waals surface area contributed by atoms with Crippen molar-refractivity contribution < 1.29 is 9.53 Å². The second kappa shape index (κ2) is 8.03. The van der Waals surface area contributed by atoms with Crippen molar-refractivity contribution in [3.05, 3.63) is 59.2 Å². The number of fused-ring (bicyclic) bond motifs is 1. The zero-order valence-electron chi connectivity index (χ0n) is 14.6. The third-order valence-corrected chi connectivity index (χ3v) is 4.61. The molecule has 132 valence electrons. The van der Waals surface area contributed by atoms with Gasteiger partial charge in [-0.15, -0.1) is 0 Å². The highest BCUT2D eigenvalue weighted by Gasteiger charge is 2.20. The monoisotopic (exact) mass is 339 g/mol. The average molecular weight is 339 g/mol. The quantitative estimate of drug-likeness (QED) is 0.794. The fourth-order valence-corrected chi connectivity index (χ4v) is 3.34. The molecule has 5 heteroatoms. The molecule has 0 saturated heterocycles. The topological polar surface area (TPSA) is 67.6 Å². The molecule has 2 aromatic rings. The zero-order chi connectivity index (χ0) is 17.6. The molecule has 3 N–H and O–H groups in total. The number of carbonyl (C=O) groups is 1. The van der Waals surface area contributed by atoms with Crippen molar-refractivity contribution >= 4 is 17.3 Å². The van der Waals surface area contributed by atoms with Gasteiger partial charge < -0.3 is 20.7 Å². The fraction of sp³-hybridized carbons (Fsp3) is 0.350. The first-order chi connectivity index (χ1) is 12.2. The molecule has 0 saturated carbocycles. The van der Waals surface area contributed by atoms with Crippen molar-refractivity contribution in [1.82, 2.24) is 5.32 Å². The summed E-state index contributed by atoms with van der Waals surface area (Å²) in [6, 6.07) is 13.9. The lowest BCUT2D eigenvalue weighted by atomic mass is 10.00. The van der Waals surface area contributed by atoms with Crippen LogP contribution in [-0.4, -0.2) is 26.1 Å². The van der Waals surface area contributed by atoms with E-state index in [2.05, 4.69) is 10.2 Å². The molecule has 25 heavy (non-hydrogen) atoms. The van der Waals surface area contributed by atoms with Gasteiger partial charge >= 0.3 is 0 Å². The molecule has 1 heterocycles. The summed E-state index contributed by atoms with van der Waals surface area (Å²) >= 11 is 0. The van der Waals surface area contributed by atoms with E-state index in [9.17, 15) is 4.79 Å². The van der Waals surface area contributed by atoms with Crippen LogP contribution in [-0.2, 0) is 29.1 Å². The highest BCUT2D eigenvalue weighted by Crippen LogP contribution is 2.30. The molecule has 1 aliphatic rings. The molecular weight excluding hydrogens is 314 g/mol. The van der Waals surface area contributed by atoms with Gasteiger partial charge in [0.1, 0.15) is 0 Å². The predicted molar refractivity (Wildman–Crippen MR) is 100 cm³/mol. The van der Waals surface area contributed by atoms with E-state index in [1.54, 1.807) is 7.11 Å². The number of nitrogen functional groups attached to an aromatic ring is 1. The van der Waals surface area contributed by atoms with E-state index in [-0.39, 0.29) is 5.91 Å². The van der Waals surface area contributed by atoms with Gasteiger partial charge in [-0.25, -0.2) is 0 Å². The van der Waals surface area contributed by atoms with Gasteiger partial charge in [-0.2, -0.15) is 0 Å². The van der Waals surface area contributed by atoms with Gasteiger partial charge in [-0.3, -0.25) is 4.79 Å². The largest absolute Gasteiger partial charge is 0.398 e. The minimum Gasteiger partial charge on any atom is -0.398 e. The summed E-state index contributed by atoms with van der Waals surface area (Å²) in [6.07, 6.45) is 2.00. The van der Waals surface area contributed by atoms with Crippen molar-refractivity contribution in [2.24, 2.45) is 0 Å². The lowest BCUT2D eigenvalue weighted by Gasteiger charge is -2.31. The standard InChI is InChI=1S/C20H25N3O2/c1-25-14-16-7-3-2-6-15(16)12-22-20(24)13-23-11-5-8-17-18(21)9-4-10-19(17)23/h2-4,6-7,9-10H,5,8,11-14,21H2,1H3,(H,22,24). The molecule has 1 aliphatic heterocycles. The van der Waals surface area contributed by atoms with E-state index >= 15 is 0 Å². The molecule has 0 spiro atoms. The van der Waals surface area contributed by atoms with Gasteiger partial charge in [0.25, 0.3) is 0 Å². The van der Waals surface area contributed by atoms with Crippen LogP contribution in [0.4, 0.5) is 11.4 Å². The van der Waals surface area contributed by atoms with E-state index in [0.29, 0.717) is 19.7 Å². The maximum absolute atomic E-state index is 12.4. The normalized spacial score (nSPS) is 13.4. The molecular formula is C20H25N3O2. The first-order valence-electron chi connectivity index (χ1n) is 8.63. The molecule has 1 amide bonds. The number of anilines is 2. The van der Waals surface area contributed by atoms with Gasteiger partial charge in [0, 0.05) is 31.6 Å². The number of rotatable bonds is 6. The number of amides is 1. The molecule has 0 aliphatic carbocycles. The molecule has 2 aromatic carbocycles. The molecule has 0 fully saturated rings. The molecule has 0 unspecified atom stereocenters. The summed E-state index contributed by atoms with van der Waals surface area (Å²) in [6.45, 7) is 2.29. The minimum atomic E-state index is 0.0162. The van der Waals surface area contributed by atoms with Crippen LogP contribution >= 0.6 is 0 Å². The van der Waals surface area contributed by atoms with Gasteiger partial charge in [0.15, 0.2) is 0 Å². The van der Waals surface area contributed by atoms with Crippen LogP contribution < -0.4 is 16.0 Å². The van der Waals surface area contributed by atoms with Gasteiger partial charge in [0.2, 0.25) is 5.91 Å². The number of nitrogens with two attached hydrogens (primary N) is 1. The fourth-order valence-electron chi connectivity index (χ4n) is 3.34. The molecule has 0 bridgehead atoms. The number of ether oxygens (including phenoxy) is 1. The highest BCUT2D eigenvalue weighted by molar-refractivity contribution is 5.82. The summed E-state index contributed by atoms with van der Waals surface area (Å²) in [7, 11) is 1.68. The van der Waals surface area contributed by atoms with Crippen LogP contribution in [0.5, 0.6) is 0 Å². The number of methoxy groups -OCH3 is 1.